The average Bonchev–Trinajstić information content (AvgIpc) is 1.57. The van der Waals surface area contributed by atoms with E-state index in [0.29, 0.717) is 68.9 Å². The Hall–Kier alpha value is -7.08. The van der Waals surface area contributed by atoms with Crippen molar-refractivity contribution in [3.05, 3.63) is 290 Å². The van der Waals surface area contributed by atoms with E-state index in [1.54, 1.807) is 22.3 Å². The summed E-state index contributed by atoms with van der Waals surface area (Å²) in [6.07, 6.45) is 19.7. The molecule has 0 radical (unpaired) electrons. The zero-order chi connectivity index (χ0) is 101. The maximum atomic E-state index is 11.1. The molecular formula is C106H155N11O20P4. The smallest absolute Gasteiger partial charge is 0.344 e. The monoisotopic (exact) mass is 2030 g/mol. The standard InChI is InChI=1S/C20H25N.C20H23N.C16H18N2.C16H15N.C11H22NO5P.C8H19N2O5P.C8H17N2O5P.C7H16NO5P/c2*1-21(2)15-7-12-20-18-10-5-3-8-16(18)13-14-17-9-4-6-11-19(17)20;1-17-14-11-12-7-3-5-9-15(12)18(2)16-10-6-4-8-13(14)16;1-16-13-8-4-2-6-11(13)10-15(17-16)12-7-3-5-9-14(12)16;13-17-6-11-4-10-3-8(7-18(14,15)16)1-2-9(10)5-12-11;2*11-15-7-8-6-10(4-2-9-8)3-1-5-16(12,13)14;9-13-4-7-3-6(1-2-8-7)5-14(10,11)12/h3-6,8-11,20H,7,12-15H2,1-2H3;3-6,8-12H,7,13-15H2,1-2H3;3-10,14,17H,11H2,1-2H3;2-9,15,17H,10H2,1H3;8-13H,1-7H2,(H2,14,15,16);8-9,11H,1-7H2,(H2,12,13,14);1,5,8-9,11H,2-4,6-7H2,(H2,12,13,14);6-9H,1-5H2,(H2,10,11,12)/b;;;;;;5-1+;/t;;;;8-,9?,10?,11?;;;6-,7?/m....0..0/s1. The van der Waals surface area contributed by atoms with Gasteiger partial charge in [-0.1, -0.05) is 194 Å². The summed E-state index contributed by atoms with van der Waals surface area (Å²) in [4.78, 5) is 97.6. The van der Waals surface area contributed by atoms with Gasteiger partial charge in [-0.15, -0.1) is 0 Å². The number of para-hydroxylation sites is 2. The molecule has 9 unspecified atom stereocenters. The Labute approximate surface area is 833 Å². The molecule has 11 atom stereocenters. The number of piperazine rings is 2. The van der Waals surface area contributed by atoms with Crippen LogP contribution in [0.2, 0.25) is 0 Å². The normalized spacial score (nSPS) is 23.0. The first-order valence-corrected chi connectivity index (χ1v) is 56.8. The van der Waals surface area contributed by atoms with E-state index in [9.17, 15) is 18.3 Å². The summed E-state index contributed by atoms with van der Waals surface area (Å²) in [7, 11) is -2.94. The Morgan fingerprint density at radius 1 is 0.475 bits per heavy atom. The minimum Gasteiger partial charge on any atom is -0.344 e. The summed E-state index contributed by atoms with van der Waals surface area (Å²) in [5, 5.41) is 53.4. The van der Waals surface area contributed by atoms with Crippen LogP contribution in [0.3, 0.4) is 0 Å². The second-order valence-corrected chi connectivity index (χ2v) is 46.2. The number of benzene rings is 8. The van der Waals surface area contributed by atoms with Gasteiger partial charge in [0.1, 0.15) is 0 Å². The average molecular weight is 2030 g/mol. The zero-order valence-electron chi connectivity index (χ0n) is 83.0. The number of likely N-dealkylation sites (N-methyl/N-ethyl adjacent to an activating group) is 1. The molecule has 18 rings (SSSR count). The lowest BCUT2D eigenvalue weighted by Gasteiger charge is -2.42. The van der Waals surface area contributed by atoms with Crippen LogP contribution in [-0.2, 0) is 81.9 Å². The molecule has 141 heavy (non-hydrogen) atoms. The maximum absolute atomic E-state index is 11.1. The lowest BCUT2D eigenvalue weighted by atomic mass is 9.70. The molecule has 0 aromatic heterocycles. The van der Waals surface area contributed by atoms with Gasteiger partial charge in [0, 0.05) is 119 Å². The first-order chi connectivity index (χ1) is 67.6. The van der Waals surface area contributed by atoms with E-state index in [1.165, 1.54) is 111 Å². The molecule has 774 valence electrons. The number of nitrogens with one attached hydrogen (secondary N) is 6. The molecular weight excluding hydrogens is 1870 g/mol. The van der Waals surface area contributed by atoms with E-state index < -0.39 is 30.4 Å². The summed E-state index contributed by atoms with van der Waals surface area (Å²) in [5.41, 5.74) is 24.7. The van der Waals surface area contributed by atoms with E-state index >= 15 is 0 Å². The largest absolute Gasteiger partial charge is 0.348 e. The summed E-state index contributed by atoms with van der Waals surface area (Å²) >= 11 is 0. The summed E-state index contributed by atoms with van der Waals surface area (Å²) < 4.78 is 43.0. The highest BCUT2D eigenvalue weighted by atomic mass is 31.2. The van der Waals surface area contributed by atoms with Crippen LogP contribution < -0.4 is 36.8 Å². The molecule has 31 nitrogen and oxygen atoms in total. The highest BCUT2D eigenvalue weighted by molar-refractivity contribution is 7.55. The molecule has 10 aliphatic rings. The molecule has 1 saturated carbocycles. The zero-order valence-corrected chi connectivity index (χ0v) is 86.5. The van der Waals surface area contributed by atoms with Gasteiger partial charge in [0.25, 0.3) is 0 Å². The van der Waals surface area contributed by atoms with Crippen LogP contribution in [0.5, 0.6) is 0 Å². The topological polar surface area (TPSA) is 436 Å². The van der Waals surface area contributed by atoms with Crippen molar-refractivity contribution >= 4 is 47.3 Å². The molecule has 7 aliphatic heterocycles. The SMILES string of the molecule is CC12NC(Cc3ccccc31)c1ccccc12.CN(C)CCC=C1c2ccccc2CCc2ccccc21.CN(C)CCCC1c2ccccc2CCc2ccccc21.CNC1Cc2ccccc2N(C)c2ccccc21.O=P(O)(O)/C=C/CN1CCNC(COO)C1.O=P(O)(O)CCCN1CCNC(COO)C1.O=P(O)(O)C[C@H]1CCC2CNC(COO)CC2C1.O=P(O)(O)C[C@H]1CCNC(COO)C1. The summed E-state index contributed by atoms with van der Waals surface area (Å²) in [6, 6.07) is 72.0. The van der Waals surface area contributed by atoms with Gasteiger partial charge in [0.05, 0.1) is 50.5 Å². The Kier molecular flexibility index (Phi) is 46.0. The highest BCUT2D eigenvalue weighted by Crippen LogP contribution is 2.50. The Morgan fingerprint density at radius 3 is 1.52 bits per heavy atom. The summed E-state index contributed by atoms with van der Waals surface area (Å²) in [6.45, 7) is 12.8. The number of aryl methyl sites for hydroxylation is 4. The molecule has 8 aromatic rings. The van der Waals surface area contributed by atoms with Gasteiger partial charge >= 0.3 is 30.4 Å². The van der Waals surface area contributed by atoms with Gasteiger partial charge in [-0.3, -0.25) is 49.5 Å². The second kappa shape index (κ2) is 56.7. The van der Waals surface area contributed by atoms with Crippen LogP contribution in [0.1, 0.15) is 167 Å². The number of fused-ring (bicyclic) bond motifs is 14. The van der Waals surface area contributed by atoms with Crippen molar-refractivity contribution in [2.75, 3.05) is 171 Å². The molecule has 5 fully saturated rings. The van der Waals surface area contributed by atoms with Crippen molar-refractivity contribution < 1.29 is 98.0 Å². The third-order valence-electron chi connectivity index (χ3n) is 28.4. The van der Waals surface area contributed by atoms with Crippen molar-refractivity contribution in [1.29, 1.82) is 0 Å². The molecule has 4 saturated heterocycles. The minimum atomic E-state index is -4.05. The van der Waals surface area contributed by atoms with Crippen molar-refractivity contribution in [1.82, 2.24) is 51.5 Å². The van der Waals surface area contributed by atoms with Crippen LogP contribution in [0.4, 0.5) is 11.4 Å². The predicted octanol–water partition coefficient (Wildman–Crippen LogP) is 14.7. The van der Waals surface area contributed by atoms with E-state index in [-0.39, 0.29) is 86.5 Å². The van der Waals surface area contributed by atoms with Crippen molar-refractivity contribution in [3.8, 4) is 0 Å². The first-order valence-electron chi connectivity index (χ1n) is 49.8. The van der Waals surface area contributed by atoms with Gasteiger partial charge in [0.15, 0.2) is 0 Å². The Balaban J connectivity index is 0.000000155. The van der Waals surface area contributed by atoms with E-state index in [4.69, 9.17) is 60.2 Å². The van der Waals surface area contributed by atoms with E-state index in [1.807, 2.05) is 11.9 Å². The number of piperidine rings is 2. The molecule has 0 amide bonds. The van der Waals surface area contributed by atoms with E-state index in [2.05, 4.69) is 313 Å². The Bertz CT molecular complexity index is 5300. The number of anilines is 2. The molecule has 3 aliphatic carbocycles. The van der Waals surface area contributed by atoms with Crippen molar-refractivity contribution in [2.45, 2.75) is 157 Å². The minimum absolute atomic E-state index is 0.00898. The van der Waals surface area contributed by atoms with Crippen molar-refractivity contribution in [2.24, 2.45) is 23.7 Å². The fraction of sp³-hybridized carbons (Fsp3) is 0.509. The van der Waals surface area contributed by atoms with Crippen LogP contribution in [-0.4, -0.2) is 270 Å². The fourth-order valence-corrected chi connectivity index (χ4v) is 24.6. The fourth-order valence-electron chi connectivity index (χ4n) is 21.7. The van der Waals surface area contributed by atoms with Crippen LogP contribution in [0, 0.1) is 23.7 Å². The van der Waals surface area contributed by atoms with Crippen LogP contribution >= 0.6 is 30.4 Å². The lowest BCUT2D eigenvalue weighted by Crippen LogP contribution is -2.52. The lowest BCUT2D eigenvalue weighted by molar-refractivity contribution is -0.248. The van der Waals surface area contributed by atoms with Crippen molar-refractivity contribution in [3.63, 3.8) is 0 Å². The predicted molar refractivity (Wildman–Crippen MR) is 558 cm³/mol. The highest BCUT2D eigenvalue weighted by Gasteiger charge is 2.46. The number of nitrogens with zero attached hydrogens (tertiary/aromatic N) is 5. The molecule has 0 spiro atoms. The number of hydrogen-bond acceptors (Lipinski definition) is 23. The molecule has 35 heteroatoms. The van der Waals surface area contributed by atoms with E-state index in [0.717, 1.165) is 116 Å². The maximum Gasteiger partial charge on any atom is 0.348 e. The first kappa shape index (κ1) is 114. The van der Waals surface area contributed by atoms with Gasteiger partial charge in [-0.25, -0.2) is 19.6 Å². The van der Waals surface area contributed by atoms with Gasteiger partial charge in [0.2, 0.25) is 0 Å². The number of rotatable bonds is 27. The molecule has 18 N–H and O–H groups in total. The summed E-state index contributed by atoms with van der Waals surface area (Å²) in [5.74, 6) is 2.73. The van der Waals surface area contributed by atoms with Gasteiger partial charge in [-0.05, 0) is 290 Å². The van der Waals surface area contributed by atoms with Crippen LogP contribution in [0.15, 0.2) is 212 Å². The third kappa shape index (κ3) is 36.5. The third-order valence-corrected chi connectivity index (χ3v) is 31.9. The molecule has 7 heterocycles. The Morgan fingerprint density at radius 2 is 0.957 bits per heavy atom. The second-order valence-electron chi connectivity index (χ2n) is 39.5. The molecule has 2 bridgehead atoms. The molecule has 8 aromatic carbocycles. The van der Waals surface area contributed by atoms with Crippen LogP contribution in [0.25, 0.3) is 5.57 Å². The van der Waals surface area contributed by atoms with Gasteiger partial charge < -0.3 is 85.3 Å². The van der Waals surface area contributed by atoms with Gasteiger partial charge in [-0.2, -0.15) is 0 Å². The number of hydrogen-bond donors (Lipinski definition) is 18. The quantitative estimate of drug-likeness (QED) is 0.0129.